The zero-order valence-electron chi connectivity index (χ0n) is 16.2. The zero-order chi connectivity index (χ0) is 22.6. The van der Waals surface area contributed by atoms with Crippen LogP contribution in [-0.4, -0.2) is 38.2 Å². The Morgan fingerprint density at radius 1 is 1.32 bits per heavy atom. The summed E-state index contributed by atoms with van der Waals surface area (Å²) in [4.78, 5) is 27.5. The molecular weight excluding hydrogens is 432 g/mol. The summed E-state index contributed by atoms with van der Waals surface area (Å²) in [6.45, 7) is 1.18. The Bertz CT molecular complexity index is 1100. The predicted octanol–water partition coefficient (Wildman–Crippen LogP) is 2.48. The van der Waals surface area contributed by atoms with E-state index in [1.54, 1.807) is 0 Å². The standard InChI is InChI=1S/C20H18ClF2N5O3/c1-12(27-19(30)15-4-2-13(21)6-18(15)25-11-29)20(31,8-28-10-24-9-26-28)16-5-3-14(22)7-17(16)23/h2-7,9-12,31H,8H2,1H3,(H,25,29)(H,27,30). The molecule has 0 saturated heterocycles. The van der Waals surface area contributed by atoms with Crippen LogP contribution in [0.25, 0.3) is 0 Å². The van der Waals surface area contributed by atoms with Crippen LogP contribution in [-0.2, 0) is 16.9 Å². The van der Waals surface area contributed by atoms with Crippen molar-refractivity contribution in [1.82, 2.24) is 20.1 Å². The predicted molar refractivity (Wildman–Crippen MR) is 108 cm³/mol. The second-order valence-electron chi connectivity index (χ2n) is 6.79. The highest BCUT2D eigenvalue weighted by Crippen LogP contribution is 2.30. The summed E-state index contributed by atoms with van der Waals surface area (Å²) in [7, 11) is 0. The number of hydrogen-bond donors (Lipinski definition) is 3. The summed E-state index contributed by atoms with van der Waals surface area (Å²) in [5.74, 6) is -2.46. The van der Waals surface area contributed by atoms with Crippen molar-refractivity contribution in [2.75, 3.05) is 5.32 Å². The first-order valence-corrected chi connectivity index (χ1v) is 9.43. The molecule has 2 atom stereocenters. The van der Waals surface area contributed by atoms with Gasteiger partial charge in [-0.1, -0.05) is 17.7 Å². The molecule has 0 spiro atoms. The molecule has 2 amide bonds. The highest BCUT2D eigenvalue weighted by atomic mass is 35.5. The van der Waals surface area contributed by atoms with Gasteiger partial charge in [0.15, 0.2) is 0 Å². The van der Waals surface area contributed by atoms with Gasteiger partial charge in [-0.2, -0.15) is 5.10 Å². The molecule has 0 fully saturated rings. The quantitative estimate of drug-likeness (QED) is 0.458. The zero-order valence-corrected chi connectivity index (χ0v) is 17.0. The van der Waals surface area contributed by atoms with Crippen molar-refractivity contribution in [3.8, 4) is 0 Å². The van der Waals surface area contributed by atoms with E-state index in [1.807, 2.05) is 0 Å². The minimum Gasteiger partial charge on any atom is -0.381 e. The van der Waals surface area contributed by atoms with Crippen LogP contribution < -0.4 is 10.6 Å². The van der Waals surface area contributed by atoms with E-state index in [9.17, 15) is 23.5 Å². The molecule has 0 aliphatic rings. The molecule has 11 heteroatoms. The molecule has 0 aliphatic heterocycles. The topological polar surface area (TPSA) is 109 Å². The van der Waals surface area contributed by atoms with E-state index in [-0.39, 0.29) is 23.4 Å². The first-order valence-electron chi connectivity index (χ1n) is 9.05. The van der Waals surface area contributed by atoms with E-state index in [0.717, 1.165) is 12.1 Å². The van der Waals surface area contributed by atoms with E-state index in [2.05, 4.69) is 20.7 Å². The van der Waals surface area contributed by atoms with Gasteiger partial charge in [0, 0.05) is 16.7 Å². The average molecular weight is 450 g/mol. The summed E-state index contributed by atoms with van der Waals surface area (Å²) in [5, 5.41) is 20.6. The molecule has 1 heterocycles. The molecule has 0 bridgehead atoms. The molecular formula is C20H18ClF2N5O3. The maximum atomic E-state index is 14.6. The highest BCUT2D eigenvalue weighted by molar-refractivity contribution is 6.31. The van der Waals surface area contributed by atoms with Crippen molar-refractivity contribution in [1.29, 1.82) is 0 Å². The number of hydrogen-bond acceptors (Lipinski definition) is 5. The maximum Gasteiger partial charge on any atom is 0.253 e. The third-order valence-corrected chi connectivity index (χ3v) is 5.01. The summed E-state index contributed by atoms with van der Waals surface area (Å²) < 4.78 is 29.3. The second-order valence-corrected chi connectivity index (χ2v) is 7.23. The van der Waals surface area contributed by atoms with E-state index in [1.165, 1.54) is 42.5 Å². The molecule has 0 saturated carbocycles. The number of aliphatic hydroxyl groups is 1. The first-order chi connectivity index (χ1) is 14.7. The number of nitrogens with zero attached hydrogens (tertiary/aromatic N) is 3. The van der Waals surface area contributed by atoms with Gasteiger partial charge in [-0.15, -0.1) is 0 Å². The monoisotopic (exact) mass is 449 g/mol. The summed E-state index contributed by atoms with van der Waals surface area (Å²) in [6.07, 6.45) is 2.93. The molecule has 0 aliphatic carbocycles. The fourth-order valence-corrected chi connectivity index (χ4v) is 3.32. The fourth-order valence-electron chi connectivity index (χ4n) is 3.15. The van der Waals surface area contributed by atoms with E-state index in [4.69, 9.17) is 11.6 Å². The number of amides is 2. The fraction of sp³-hybridized carbons (Fsp3) is 0.200. The van der Waals surface area contributed by atoms with Crippen molar-refractivity contribution in [3.05, 3.63) is 76.8 Å². The maximum absolute atomic E-state index is 14.6. The third-order valence-electron chi connectivity index (χ3n) is 4.77. The van der Waals surface area contributed by atoms with Gasteiger partial charge in [0.05, 0.1) is 23.8 Å². The third kappa shape index (κ3) is 4.86. The van der Waals surface area contributed by atoms with Gasteiger partial charge in [0.25, 0.3) is 5.91 Å². The van der Waals surface area contributed by atoms with Crippen LogP contribution in [0.5, 0.6) is 0 Å². The summed E-state index contributed by atoms with van der Waals surface area (Å²) >= 11 is 5.91. The number of nitrogens with one attached hydrogen (secondary N) is 2. The van der Waals surface area contributed by atoms with Crippen LogP contribution in [0.15, 0.2) is 49.1 Å². The number of carbonyl (C=O) groups is 2. The smallest absolute Gasteiger partial charge is 0.253 e. The number of benzene rings is 2. The van der Waals surface area contributed by atoms with E-state index in [0.29, 0.717) is 17.5 Å². The summed E-state index contributed by atoms with van der Waals surface area (Å²) in [5.41, 5.74) is -2.03. The van der Waals surface area contributed by atoms with E-state index < -0.39 is 29.2 Å². The van der Waals surface area contributed by atoms with Crippen molar-refractivity contribution in [2.45, 2.75) is 25.1 Å². The van der Waals surface area contributed by atoms with Crippen molar-refractivity contribution < 1.29 is 23.5 Å². The lowest BCUT2D eigenvalue weighted by Gasteiger charge is -2.35. The Morgan fingerprint density at radius 3 is 2.74 bits per heavy atom. The second kappa shape index (κ2) is 9.19. The van der Waals surface area contributed by atoms with Crippen LogP contribution in [0.1, 0.15) is 22.8 Å². The largest absolute Gasteiger partial charge is 0.381 e. The number of carbonyl (C=O) groups excluding carboxylic acids is 2. The van der Waals surface area contributed by atoms with Crippen LogP contribution >= 0.6 is 11.6 Å². The highest BCUT2D eigenvalue weighted by Gasteiger charge is 2.40. The minimum absolute atomic E-state index is 0.0750. The molecule has 2 unspecified atom stereocenters. The molecule has 3 aromatic rings. The SMILES string of the molecule is CC(NC(=O)c1ccc(Cl)cc1NC=O)C(O)(Cn1cncn1)c1ccc(F)cc1F. The first kappa shape index (κ1) is 22.3. The Labute approximate surface area is 180 Å². The van der Waals surface area contributed by atoms with Gasteiger partial charge in [-0.05, 0) is 31.2 Å². The van der Waals surface area contributed by atoms with Gasteiger partial charge >= 0.3 is 0 Å². The molecule has 3 N–H and O–H groups in total. The Hall–Kier alpha value is -3.37. The van der Waals surface area contributed by atoms with Crippen LogP contribution in [0.4, 0.5) is 14.5 Å². The van der Waals surface area contributed by atoms with Crippen LogP contribution in [0.2, 0.25) is 5.02 Å². The molecule has 1 aromatic heterocycles. The van der Waals surface area contributed by atoms with Crippen molar-refractivity contribution in [2.24, 2.45) is 0 Å². The molecule has 31 heavy (non-hydrogen) atoms. The van der Waals surface area contributed by atoms with Crippen molar-refractivity contribution >= 4 is 29.6 Å². The number of anilines is 1. The average Bonchev–Trinajstić information content (AvgIpc) is 3.20. The van der Waals surface area contributed by atoms with Crippen LogP contribution in [0, 0.1) is 11.6 Å². The van der Waals surface area contributed by atoms with Gasteiger partial charge in [0.1, 0.15) is 29.9 Å². The Kier molecular flexibility index (Phi) is 6.62. The van der Waals surface area contributed by atoms with Gasteiger partial charge in [-0.25, -0.2) is 18.4 Å². The Morgan fingerprint density at radius 2 is 2.10 bits per heavy atom. The number of halogens is 3. The molecule has 0 radical (unpaired) electrons. The number of aromatic nitrogens is 3. The normalized spacial score (nSPS) is 13.8. The lowest BCUT2D eigenvalue weighted by atomic mass is 9.86. The lowest BCUT2D eigenvalue weighted by molar-refractivity contribution is -0.105. The molecule has 8 nitrogen and oxygen atoms in total. The molecule has 2 aromatic carbocycles. The van der Waals surface area contributed by atoms with Gasteiger partial charge in [-0.3, -0.25) is 9.59 Å². The number of rotatable bonds is 8. The van der Waals surface area contributed by atoms with Crippen LogP contribution in [0.3, 0.4) is 0 Å². The Balaban J connectivity index is 1.96. The molecule has 3 rings (SSSR count). The van der Waals surface area contributed by atoms with Gasteiger partial charge in [0.2, 0.25) is 6.41 Å². The van der Waals surface area contributed by atoms with E-state index >= 15 is 0 Å². The summed E-state index contributed by atoms with van der Waals surface area (Å²) in [6, 6.07) is 5.90. The molecule has 162 valence electrons. The van der Waals surface area contributed by atoms with Gasteiger partial charge < -0.3 is 15.7 Å². The minimum atomic E-state index is -2.02. The van der Waals surface area contributed by atoms with Crippen molar-refractivity contribution in [3.63, 3.8) is 0 Å². The lowest BCUT2D eigenvalue weighted by Crippen LogP contribution is -2.52.